The molecule has 0 bridgehead atoms. The average Bonchev–Trinajstić information content (AvgIpc) is 2.38. The maximum Gasteiger partial charge on any atom is 0.338 e. The first kappa shape index (κ1) is 13.6. The van der Waals surface area contributed by atoms with Gasteiger partial charge in [0.15, 0.2) is 0 Å². The molecular weight excluding hydrogens is 240 g/mol. The Morgan fingerprint density at radius 3 is 3.00 bits per heavy atom. The molecular formula is C11H16N2O3S. The Balaban J connectivity index is 2.54. The summed E-state index contributed by atoms with van der Waals surface area (Å²) < 4.78 is 15.8. The van der Waals surface area contributed by atoms with Gasteiger partial charge in [0.1, 0.15) is 5.82 Å². The fraction of sp³-hybridized carbons (Fsp3) is 0.455. The van der Waals surface area contributed by atoms with Crippen molar-refractivity contribution in [1.82, 2.24) is 4.98 Å². The zero-order valence-electron chi connectivity index (χ0n) is 9.93. The molecule has 6 heteroatoms. The van der Waals surface area contributed by atoms with Gasteiger partial charge in [-0.3, -0.25) is 4.21 Å². The van der Waals surface area contributed by atoms with Gasteiger partial charge in [-0.05, 0) is 12.1 Å². The van der Waals surface area contributed by atoms with Crippen molar-refractivity contribution in [2.24, 2.45) is 0 Å². The molecule has 0 aliphatic rings. The quantitative estimate of drug-likeness (QED) is 0.770. The second-order valence-electron chi connectivity index (χ2n) is 3.28. The van der Waals surface area contributed by atoms with Crippen LogP contribution in [0.2, 0.25) is 0 Å². The second kappa shape index (κ2) is 7.01. The number of carbonyl (C=O) groups is 1. The van der Waals surface area contributed by atoms with Crippen LogP contribution in [0.25, 0.3) is 0 Å². The Labute approximate surface area is 103 Å². The van der Waals surface area contributed by atoms with E-state index in [1.807, 2.05) is 6.92 Å². The number of anilines is 1. The van der Waals surface area contributed by atoms with E-state index in [4.69, 9.17) is 0 Å². The molecule has 1 aromatic rings. The molecule has 0 aliphatic heterocycles. The Kier molecular flexibility index (Phi) is 5.62. The normalized spacial score (nSPS) is 11.9. The third-order valence-corrected chi connectivity index (χ3v) is 3.44. The van der Waals surface area contributed by atoms with Crippen molar-refractivity contribution in [2.45, 2.75) is 6.92 Å². The molecule has 5 nitrogen and oxygen atoms in total. The van der Waals surface area contributed by atoms with Crippen LogP contribution in [-0.4, -0.2) is 40.3 Å². The van der Waals surface area contributed by atoms with E-state index in [1.54, 1.807) is 12.1 Å². The van der Waals surface area contributed by atoms with Crippen molar-refractivity contribution in [2.75, 3.05) is 30.5 Å². The van der Waals surface area contributed by atoms with Gasteiger partial charge in [0, 0.05) is 35.0 Å². The number of aromatic nitrogens is 1. The minimum atomic E-state index is -0.798. The summed E-state index contributed by atoms with van der Waals surface area (Å²) >= 11 is 0. The summed E-state index contributed by atoms with van der Waals surface area (Å²) in [6.45, 7) is 2.45. The van der Waals surface area contributed by atoms with Gasteiger partial charge in [0.25, 0.3) is 0 Å². The van der Waals surface area contributed by atoms with E-state index in [0.717, 1.165) is 0 Å². The molecule has 0 saturated heterocycles. The fourth-order valence-electron chi connectivity index (χ4n) is 1.21. The minimum absolute atomic E-state index is 0.396. The Bertz CT molecular complexity index is 409. The first-order valence-electron chi connectivity index (χ1n) is 5.30. The molecule has 0 radical (unpaired) electrons. The maximum atomic E-state index is 11.3. The zero-order chi connectivity index (χ0) is 12.7. The van der Waals surface area contributed by atoms with E-state index in [-0.39, 0.29) is 0 Å². The summed E-state index contributed by atoms with van der Waals surface area (Å²) in [7, 11) is 0.535. The molecule has 0 aliphatic carbocycles. The van der Waals surface area contributed by atoms with Gasteiger partial charge in [0.05, 0.1) is 12.7 Å². The third-order valence-electron chi connectivity index (χ3n) is 2.14. The monoisotopic (exact) mass is 256 g/mol. The number of pyridine rings is 1. The number of esters is 1. The molecule has 1 rings (SSSR count). The number of hydrogen-bond acceptors (Lipinski definition) is 5. The van der Waals surface area contributed by atoms with Crippen LogP contribution in [0.15, 0.2) is 18.3 Å². The lowest BCUT2D eigenvalue weighted by Crippen LogP contribution is -2.13. The number of nitrogens with zero attached hydrogens (tertiary/aromatic N) is 1. The second-order valence-corrected chi connectivity index (χ2v) is 5.15. The van der Waals surface area contributed by atoms with Gasteiger partial charge in [-0.1, -0.05) is 6.92 Å². The molecule has 1 unspecified atom stereocenters. The smallest absolute Gasteiger partial charge is 0.338 e. The van der Waals surface area contributed by atoms with E-state index >= 15 is 0 Å². The van der Waals surface area contributed by atoms with Crippen LogP contribution < -0.4 is 5.32 Å². The fourth-order valence-corrected chi connectivity index (χ4v) is 1.83. The van der Waals surface area contributed by atoms with E-state index < -0.39 is 16.8 Å². The zero-order valence-corrected chi connectivity index (χ0v) is 10.8. The van der Waals surface area contributed by atoms with E-state index in [2.05, 4.69) is 15.0 Å². The van der Waals surface area contributed by atoms with Gasteiger partial charge < -0.3 is 10.1 Å². The Morgan fingerprint density at radius 2 is 2.35 bits per heavy atom. The molecule has 1 aromatic heterocycles. The van der Waals surface area contributed by atoms with Gasteiger partial charge >= 0.3 is 5.97 Å². The van der Waals surface area contributed by atoms with Crippen LogP contribution in [0.3, 0.4) is 0 Å². The molecule has 1 heterocycles. The van der Waals surface area contributed by atoms with E-state index in [1.165, 1.54) is 13.3 Å². The number of hydrogen-bond donors (Lipinski definition) is 1. The molecule has 1 atom stereocenters. The van der Waals surface area contributed by atoms with Gasteiger partial charge in [-0.25, -0.2) is 9.78 Å². The Hall–Kier alpha value is -1.43. The first-order chi connectivity index (χ1) is 8.17. The summed E-state index contributed by atoms with van der Waals surface area (Å²) in [5, 5.41) is 3.02. The number of nitrogens with one attached hydrogen (secondary N) is 1. The largest absolute Gasteiger partial charge is 0.465 e. The van der Waals surface area contributed by atoms with Crippen LogP contribution in [0, 0.1) is 0 Å². The van der Waals surface area contributed by atoms with Crippen LogP contribution in [-0.2, 0) is 15.5 Å². The lowest BCUT2D eigenvalue weighted by molar-refractivity contribution is 0.0600. The molecule has 0 amide bonds. The highest BCUT2D eigenvalue weighted by atomic mass is 32.2. The van der Waals surface area contributed by atoms with Gasteiger partial charge in [0.2, 0.25) is 0 Å². The van der Waals surface area contributed by atoms with Crippen molar-refractivity contribution in [3.63, 3.8) is 0 Å². The molecule has 0 aromatic carbocycles. The maximum absolute atomic E-state index is 11.3. The Morgan fingerprint density at radius 1 is 1.59 bits per heavy atom. The van der Waals surface area contributed by atoms with Crippen LogP contribution >= 0.6 is 0 Å². The predicted octanol–water partition coefficient (Wildman–Crippen LogP) is 1.05. The lowest BCUT2D eigenvalue weighted by atomic mass is 10.2. The molecule has 0 fully saturated rings. The highest BCUT2D eigenvalue weighted by molar-refractivity contribution is 7.84. The SMILES string of the molecule is CCS(=O)CCNc1cc(C(=O)OC)ccn1. The van der Waals surface area contributed by atoms with Crippen LogP contribution in [0.4, 0.5) is 5.82 Å². The summed E-state index contributed by atoms with van der Waals surface area (Å²) in [6.07, 6.45) is 1.53. The van der Waals surface area contributed by atoms with Crippen LogP contribution in [0.1, 0.15) is 17.3 Å². The van der Waals surface area contributed by atoms with E-state index in [9.17, 15) is 9.00 Å². The highest BCUT2D eigenvalue weighted by Crippen LogP contribution is 2.07. The van der Waals surface area contributed by atoms with Crippen molar-refractivity contribution in [1.29, 1.82) is 0 Å². The number of rotatable bonds is 6. The standard InChI is InChI=1S/C11H16N2O3S/c1-3-17(15)7-6-13-10-8-9(4-5-12-10)11(14)16-2/h4-5,8H,3,6-7H2,1-2H3,(H,12,13). The molecule has 94 valence electrons. The van der Waals surface area contributed by atoms with Gasteiger partial charge in [-0.2, -0.15) is 0 Å². The van der Waals surface area contributed by atoms with Crippen molar-refractivity contribution in [3.05, 3.63) is 23.9 Å². The number of methoxy groups -OCH3 is 1. The summed E-state index contributed by atoms with van der Waals surface area (Å²) in [6, 6.07) is 3.20. The van der Waals surface area contributed by atoms with Crippen molar-refractivity contribution in [3.8, 4) is 0 Å². The summed E-state index contributed by atoms with van der Waals surface area (Å²) in [5.74, 6) is 1.41. The molecule has 17 heavy (non-hydrogen) atoms. The average molecular weight is 256 g/mol. The summed E-state index contributed by atoms with van der Waals surface area (Å²) in [4.78, 5) is 15.3. The summed E-state index contributed by atoms with van der Waals surface area (Å²) in [5.41, 5.74) is 0.446. The lowest BCUT2D eigenvalue weighted by Gasteiger charge is -2.06. The van der Waals surface area contributed by atoms with Crippen molar-refractivity contribution < 1.29 is 13.7 Å². The molecule has 0 saturated carbocycles. The van der Waals surface area contributed by atoms with Crippen molar-refractivity contribution >= 4 is 22.6 Å². The minimum Gasteiger partial charge on any atom is -0.465 e. The number of ether oxygens (including phenoxy) is 1. The molecule has 0 spiro atoms. The predicted molar refractivity (Wildman–Crippen MR) is 67.6 cm³/mol. The van der Waals surface area contributed by atoms with Crippen LogP contribution in [0.5, 0.6) is 0 Å². The number of carbonyl (C=O) groups excluding carboxylic acids is 1. The topological polar surface area (TPSA) is 68.3 Å². The highest BCUT2D eigenvalue weighted by Gasteiger charge is 2.06. The third kappa shape index (κ3) is 4.52. The first-order valence-corrected chi connectivity index (χ1v) is 6.79. The van der Waals surface area contributed by atoms with E-state index in [0.29, 0.717) is 29.4 Å². The molecule has 1 N–H and O–H groups in total. The van der Waals surface area contributed by atoms with Gasteiger partial charge in [-0.15, -0.1) is 0 Å².